The first kappa shape index (κ1) is 25.6. The molecule has 38 heavy (non-hydrogen) atoms. The Kier molecular flexibility index (Phi) is 7.50. The van der Waals surface area contributed by atoms with E-state index in [1.165, 1.54) is 5.56 Å². The van der Waals surface area contributed by atoms with E-state index in [-0.39, 0.29) is 0 Å². The van der Waals surface area contributed by atoms with E-state index < -0.39 is 5.60 Å². The first-order valence-corrected chi connectivity index (χ1v) is 12.9. The minimum atomic E-state index is -1.26. The summed E-state index contributed by atoms with van der Waals surface area (Å²) in [6, 6.07) is 30.5. The quantitative estimate of drug-likeness (QED) is 0.264. The van der Waals surface area contributed by atoms with Gasteiger partial charge in [0.2, 0.25) is 5.88 Å². The summed E-state index contributed by atoms with van der Waals surface area (Å²) in [6.07, 6.45) is 4.83. The predicted octanol–water partition coefficient (Wildman–Crippen LogP) is 6.08. The molecule has 3 aromatic carbocycles. The number of nitrogens with zero attached hydrogens (tertiary/aromatic N) is 3. The van der Waals surface area contributed by atoms with Crippen molar-refractivity contribution in [1.82, 2.24) is 14.9 Å². The fraction of sp³-hybridized carbons (Fsp3) is 0.212. The largest absolute Gasteiger partial charge is 0.481 e. The van der Waals surface area contributed by atoms with Gasteiger partial charge in [-0.15, -0.1) is 0 Å². The summed E-state index contributed by atoms with van der Waals surface area (Å²) in [7, 11) is 5.70. The van der Waals surface area contributed by atoms with Crippen molar-refractivity contribution in [2.75, 3.05) is 27.7 Å². The monoisotopic (exact) mass is 503 g/mol. The topological polar surface area (TPSA) is 58.5 Å². The molecule has 5 rings (SSSR count). The van der Waals surface area contributed by atoms with Gasteiger partial charge in [0.25, 0.3) is 0 Å². The Morgan fingerprint density at radius 3 is 2.26 bits per heavy atom. The number of rotatable bonds is 9. The van der Waals surface area contributed by atoms with Gasteiger partial charge >= 0.3 is 0 Å². The first-order valence-electron chi connectivity index (χ1n) is 12.9. The Balaban J connectivity index is 1.77. The lowest BCUT2D eigenvalue weighted by atomic mass is 9.80. The number of aliphatic hydroxyl groups is 1. The molecule has 0 saturated carbocycles. The van der Waals surface area contributed by atoms with Crippen molar-refractivity contribution in [3.63, 3.8) is 0 Å². The third kappa shape index (κ3) is 5.30. The molecule has 2 aromatic heterocycles. The fourth-order valence-corrected chi connectivity index (χ4v) is 4.98. The van der Waals surface area contributed by atoms with Crippen LogP contribution < -0.4 is 4.74 Å². The molecule has 192 valence electrons. The molecule has 5 aromatic rings. The number of methoxy groups -OCH3 is 1. The summed E-state index contributed by atoms with van der Waals surface area (Å²) in [5.74, 6) is 0.569. The summed E-state index contributed by atoms with van der Waals surface area (Å²) in [5, 5.41) is 13.5. The van der Waals surface area contributed by atoms with Crippen LogP contribution in [0, 0.1) is 0 Å². The van der Waals surface area contributed by atoms with Crippen LogP contribution in [-0.2, 0) is 12.0 Å². The highest BCUT2D eigenvalue weighted by Gasteiger charge is 2.34. The highest BCUT2D eigenvalue weighted by atomic mass is 16.5. The molecule has 5 heteroatoms. The van der Waals surface area contributed by atoms with Gasteiger partial charge in [0, 0.05) is 47.4 Å². The molecule has 1 N–H and O–H groups in total. The standard InChI is InChI=1S/C33H33N3O2/c1-36(2)18-16-33(37,29-14-8-5-9-15-29)30-22-26(25-13-10-17-34-23-25)20-27-21-28(32(38-3)35-31(27)30)19-24-11-6-4-7-12-24/h4-15,17,20-23,37H,16,18-19H2,1-3H3. The van der Waals surface area contributed by atoms with Crippen LogP contribution in [0.4, 0.5) is 0 Å². The second kappa shape index (κ2) is 11.1. The maximum Gasteiger partial charge on any atom is 0.217 e. The third-order valence-corrected chi connectivity index (χ3v) is 7.00. The number of benzene rings is 3. The summed E-state index contributed by atoms with van der Waals surface area (Å²) in [6.45, 7) is 0.702. The van der Waals surface area contributed by atoms with E-state index in [4.69, 9.17) is 9.72 Å². The zero-order chi connectivity index (χ0) is 26.5. The molecule has 0 bridgehead atoms. The van der Waals surface area contributed by atoms with Gasteiger partial charge in [-0.05, 0) is 61.5 Å². The van der Waals surface area contributed by atoms with Crippen molar-refractivity contribution in [3.8, 4) is 17.0 Å². The Bertz CT molecular complexity index is 1510. The van der Waals surface area contributed by atoms with Gasteiger partial charge in [0.15, 0.2) is 0 Å². The van der Waals surface area contributed by atoms with E-state index >= 15 is 0 Å². The molecule has 0 amide bonds. The first-order chi connectivity index (χ1) is 18.5. The van der Waals surface area contributed by atoms with E-state index in [1.807, 2.05) is 81.0 Å². The molecule has 0 radical (unpaired) electrons. The number of pyridine rings is 2. The van der Waals surface area contributed by atoms with E-state index in [0.717, 1.165) is 38.7 Å². The summed E-state index contributed by atoms with van der Waals surface area (Å²) >= 11 is 0. The second-order valence-electron chi connectivity index (χ2n) is 9.94. The highest BCUT2D eigenvalue weighted by Crippen LogP contribution is 2.40. The molecule has 1 unspecified atom stereocenters. The van der Waals surface area contributed by atoms with E-state index in [2.05, 4.69) is 40.2 Å². The molecule has 1 atom stereocenters. The average molecular weight is 504 g/mol. The molecule has 0 aliphatic heterocycles. The van der Waals surface area contributed by atoms with Crippen LogP contribution in [0.2, 0.25) is 0 Å². The van der Waals surface area contributed by atoms with Gasteiger partial charge in [0.05, 0.1) is 12.6 Å². The third-order valence-electron chi connectivity index (χ3n) is 7.00. The molecular weight excluding hydrogens is 470 g/mol. The number of ether oxygens (including phenoxy) is 1. The highest BCUT2D eigenvalue weighted by molar-refractivity contribution is 5.89. The lowest BCUT2D eigenvalue weighted by Gasteiger charge is -2.32. The van der Waals surface area contributed by atoms with Crippen LogP contribution in [0.25, 0.3) is 22.0 Å². The summed E-state index contributed by atoms with van der Waals surface area (Å²) in [4.78, 5) is 11.5. The van der Waals surface area contributed by atoms with Crippen molar-refractivity contribution in [1.29, 1.82) is 0 Å². The van der Waals surface area contributed by atoms with Crippen molar-refractivity contribution < 1.29 is 9.84 Å². The molecule has 5 nitrogen and oxygen atoms in total. The van der Waals surface area contributed by atoms with Crippen LogP contribution >= 0.6 is 0 Å². The summed E-state index contributed by atoms with van der Waals surface area (Å²) in [5.41, 5.74) is 5.21. The van der Waals surface area contributed by atoms with Crippen molar-refractivity contribution in [2.24, 2.45) is 0 Å². The Labute approximate surface area is 224 Å². The van der Waals surface area contributed by atoms with E-state index in [1.54, 1.807) is 13.3 Å². The van der Waals surface area contributed by atoms with Crippen LogP contribution in [0.3, 0.4) is 0 Å². The Hall–Kier alpha value is -4.06. The SMILES string of the molecule is COc1nc2c(C(O)(CCN(C)C)c3ccccc3)cc(-c3cccnc3)cc2cc1Cc1ccccc1. The van der Waals surface area contributed by atoms with Gasteiger partial charge in [-0.2, -0.15) is 0 Å². The molecule has 2 heterocycles. The minimum Gasteiger partial charge on any atom is -0.481 e. The lowest BCUT2D eigenvalue weighted by Crippen LogP contribution is -2.32. The van der Waals surface area contributed by atoms with Gasteiger partial charge in [-0.25, -0.2) is 4.98 Å². The lowest BCUT2D eigenvalue weighted by molar-refractivity contribution is 0.0642. The zero-order valence-corrected chi connectivity index (χ0v) is 22.1. The van der Waals surface area contributed by atoms with Crippen molar-refractivity contribution in [3.05, 3.63) is 126 Å². The normalized spacial score (nSPS) is 13.0. The van der Waals surface area contributed by atoms with E-state index in [9.17, 15) is 5.11 Å². The Morgan fingerprint density at radius 1 is 0.868 bits per heavy atom. The zero-order valence-electron chi connectivity index (χ0n) is 22.1. The van der Waals surface area contributed by atoms with Crippen molar-refractivity contribution >= 4 is 10.9 Å². The summed E-state index contributed by atoms with van der Waals surface area (Å²) < 4.78 is 5.80. The van der Waals surface area contributed by atoms with E-state index in [0.29, 0.717) is 25.3 Å². The van der Waals surface area contributed by atoms with Crippen molar-refractivity contribution in [2.45, 2.75) is 18.4 Å². The fourth-order valence-electron chi connectivity index (χ4n) is 4.98. The average Bonchev–Trinajstić information content (AvgIpc) is 2.96. The van der Waals surface area contributed by atoms with Gasteiger partial charge in [-0.3, -0.25) is 4.98 Å². The van der Waals surface area contributed by atoms with Crippen LogP contribution in [0.15, 0.2) is 103 Å². The molecule has 0 aliphatic rings. The predicted molar refractivity (Wildman–Crippen MR) is 153 cm³/mol. The molecule has 0 fully saturated rings. The second-order valence-corrected chi connectivity index (χ2v) is 9.94. The number of hydrogen-bond acceptors (Lipinski definition) is 5. The van der Waals surface area contributed by atoms with Crippen LogP contribution in [-0.4, -0.2) is 47.7 Å². The smallest absolute Gasteiger partial charge is 0.217 e. The van der Waals surface area contributed by atoms with Crippen LogP contribution in [0.5, 0.6) is 5.88 Å². The molecule has 0 saturated heterocycles. The number of fused-ring (bicyclic) bond motifs is 1. The number of aromatic nitrogens is 2. The van der Waals surface area contributed by atoms with Gasteiger partial charge in [0.1, 0.15) is 5.60 Å². The van der Waals surface area contributed by atoms with Gasteiger partial charge in [-0.1, -0.05) is 66.7 Å². The molecule has 0 spiro atoms. The maximum absolute atomic E-state index is 12.5. The van der Waals surface area contributed by atoms with Crippen LogP contribution in [0.1, 0.15) is 28.7 Å². The molecule has 0 aliphatic carbocycles. The molecular formula is C33H33N3O2. The minimum absolute atomic E-state index is 0.505. The number of hydrogen-bond donors (Lipinski definition) is 1. The Morgan fingerprint density at radius 2 is 1.61 bits per heavy atom. The van der Waals surface area contributed by atoms with Gasteiger partial charge < -0.3 is 14.7 Å². The maximum atomic E-state index is 12.5.